The Morgan fingerprint density at radius 2 is 0.580 bits per heavy atom. The molecular weight excluding hydrogens is 1160 g/mol. The second-order valence-corrected chi connectivity index (χ2v) is 28.5. The molecular formula is C69H134O17P2. The molecule has 3 N–H and O–H groups in total. The minimum Gasteiger partial charge on any atom is -0.462 e. The molecule has 88 heavy (non-hydrogen) atoms. The molecule has 0 heterocycles. The highest BCUT2D eigenvalue weighted by atomic mass is 31.2. The Balaban J connectivity index is 5.09. The smallest absolute Gasteiger partial charge is 0.462 e. The van der Waals surface area contributed by atoms with Crippen LogP contribution >= 0.6 is 15.6 Å². The largest absolute Gasteiger partial charge is 0.472 e. The first-order valence-electron chi connectivity index (χ1n) is 36.0. The number of phosphoric ester groups is 2. The molecule has 6 atom stereocenters. The van der Waals surface area contributed by atoms with Gasteiger partial charge in [0.05, 0.1) is 26.4 Å². The zero-order valence-electron chi connectivity index (χ0n) is 57.0. The van der Waals surface area contributed by atoms with Crippen molar-refractivity contribution in [2.24, 2.45) is 11.8 Å². The highest BCUT2D eigenvalue weighted by Crippen LogP contribution is 2.45. The van der Waals surface area contributed by atoms with E-state index in [1.54, 1.807) is 0 Å². The molecule has 522 valence electrons. The Bertz CT molecular complexity index is 1720. The number of phosphoric acid groups is 2. The van der Waals surface area contributed by atoms with Crippen molar-refractivity contribution in [1.82, 2.24) is 0 Å². The van der Waals surface area contributed by atoms with Gasteiger partial charge in [-0.1, -0.05) is 298 Å². The Kier molecular flexibility index (Phi) is 59.9. The van der Waals surface area contributed by atoms with E-state index in [0.717, 1.165) is 109 Å². The SMILES string of the molecule is CCCCCCCCCCCCC(=O)OC[C@H](COP(=O)(O)OC[C@@H](O)COP(=O)(O)OC[C@@H](COC(=O)CCCCCCCCC)OC(=O)CCCCCCCCC(C)C)OC(=O)CCCCCCCCCCCCCCCCCCCCC(C)CC. The van der Waals surface area contributed by atoms with Crippen molar-refractivity contribution in [3.8, 4) is 0 Å². The molecule has 0 fully saturated rings. The maximum Gasteiger partial charge on any atom is 0.472 e. The molecule has 0 rings (SSSR count). The minimum atomic E-state index is -4.95. The van der Waals surface area contributed by atoms with E-state index in [9.17, 15) is 43.2 Å². The molecule has 0 aromatic heterocycles. The van der Waals surface area contributed by atoms with Gasteiger partial charge in [-0.25, -0.2) is 9.13 Å². The van der Waals surface area contributed by atoms with Crippen molar-refractivity contribution < 1.29 is 80.2 Å². The van der Waals surface area contributed by atoms with E-state index >= 15 is 0 Å². The molecule has 0 saturated carbocycles. The fraction of sp³-hybridized carbons (Fsp3) is 0.942. The van der Waals surface area contributed by atoms with Crippen LogP contribution in [0.4, 0.5) is 0 Å². The van der Waals surface area contributed by atoms with Crippen LogP contribution in [-0.4, -0.2) is 96.7 Å². The third-order valence-corrected chi connectivity index (χ3v) is 18.2. The normalized spacial score (nSPS) is 14.5. The molecule has 0 aromatic carbocycles. The van der Waals surface area contributed by atoms with Gasteiger partial charge in [-0.2, -0.15) is 0 Å². The van der Waals surface area contributed by atoms with Gasteiger partial charge in [0.25, 0.3) is 0 Å². The van der Waals surface area contributed by atoms with Gasteiger partial charge in [-0.15, -0.1) is 0 Å². The highest BCUT2D eigenvalue weighted by molar-refractivity contribution is 7.47. The van der Waals surface area contributed by atoms with Gasteiger partial charge < -0.3 is 33.8 Å². The van der Waals surface area contributed by atoms with Crippen LogP contribution in [0.1, 0.15) is 350 Å². The van der Waals surface area contributed by atoms with Gasteiger partial charge in [0.2, 0.25) is 0 Å². The molecule has 0 spiro atoms. The first-order chi connectivity index (χ1) is 42.4. The van der Waals surface area contributed by atoms with Gasteiger partial charge in [-0.3, -0.25) is 37.3 Å². The molecule has 0 radical (unpaired) electrons. The molecule has 0 aromatic rings. The van der Waals surface area contributed by atoms with Gasteiger partial charge in [0.15, 0.2) is 12.2 Å². The van der Waals surface area contributed by atoms with Gasteiger partial charge in [-0.05, 0) is 37.5 Å². The quantitative estimate of drug-likeness (QED) is 0.0222. The highest BCUT2D eigenvalue weighted by Gasteiger charge is 2.30. The van der Waals surface area contributed by atoms with Crippen LogP contribution in [0.15, 0.2) is 0 Å². The predicted molar refractivity (Wildman–Crippen MR) is 354 cm³/mol. The number of carbonyl (C=O) groups is 4. The monoisotopic (exact) mass is 1300 g/mol. The van der Waals surface area contributed by atoms with Gasteiger partial charge >= 0.3 is 39.5 Å². The zero-order chi connectivity index (χ0) is 65.0. The van der Waals surface area contributed by atoms with E-state index in [2.05, 4.69) is 41.5 Å². The summed E-state index contributed by atoms with van der Waals surface area (Å²) in [7, 11) is -9.89. The van der Waals surface area contributed by atoms with Gasteiger partial charge in [0, 0.05) is 25.7 Å². The maximum atomic E-state index is 13.0. The summed E-state index contributed by atoms with van der Waals surface area (Å²) in [5.74, 6) is -0.595. The van der Waals surface area contributed by atoms with Crippen molar-refractivity contribution >= 4 is 39.5 Å². The minimum absolute atomic E-state index is 0.102. The fourth-order valence-corrected chi connectivity index (χ4v) is 12.0. The zero-order valence-corrected chi connectivity index (χ0v) is 58.8. The van der Waals surface area contributed by atoms with E-state index in [1.807, 2.05) is 0 Å². The average Bonchev–Trinajstić information content (AvgIpc) is 3.56. The molecule has 0 saturated heterocycles. The topological polar surface area (TPSA) is 237 Å². The summed E-state index contributed by atoms with van der Waals surface area (Å²) in [6, 6.07) is 0. The number of esters is 4. The number of hydrogen-bond donors (Lipinski definition) is 3. The van der Waals surface area contributed by atoms with E-state index in [0.29, 0.717) is 31.6 Å². The Hall–Kier alpha value is -1.94. The average molecular weight is 1300 g/mol. The summed E-state index contributed by atoms with van der Waals surface area (Å²) in [5.41, 5.74) is 0. The van der Waals surface area contributed by atoms with Crippen LogP contribution in [0.25, 0.3) is 0 Å². The number of ether oxygens (including phenoxy) is 4. The van der Waals surface area contributed by atoms with Crippen LogP contribution in [0.3, 0.4) is 0 Å². The summed E-state index contributed by atoms with van der Waals surface area (Å²) in [6.45, 7) is 9.45. The van der Waals surface area contributed by atoms with Crippen molar-refractivity contribution in [3.63, 3.8) is 0 Å². The second-order valence-electron chi connectivity index (χ2n) is 25.6. The number of aliphatic hydroxyl groups excluding tert-OH is 1. The maximum absolute atomic E-state index is 13.0. The molecule has 0 aliphatic heterocycles. The fourth-order valence-electron chi connectivity index (χ4n) is 10.4. The summed E-state index contributed by atoms with van der Waals surface area (Å²) in [5, 5.41) is 10.5. The molecule has 19 heteroatoms. The van der Waals surface area contributed by atoms with E-state index in [4.69, 9.17) is 37.0 Å². The van der Waals surface area contributed by atoms with E-state index in [-0.39, 0.29) is 25.7 Å². The summed E-state index contributed by atoms with van der Waals surface area (Å²) in [6.07, 6.45) is 46.2. The predicted octanol–water partition coefficient (Wildman–Crippen LogP) is 19.6. The molecule has 3 unspecified atom stereocenters. The third kappa shape index (κ3) is 61.6. The molecule has 0 bridgehead atoms. The molecule has 17 nitrogen and oxygen atoms in total. The number of aliphatic hydroxyl groups is 1. The number of hydrogen-bond acceptors (Lipinski definition) is 15. The van der Waals surface area contributed by atoms with E-state index < -0.39 is 97.5 Å². The summed E-state index contributed by atoms with van der Waals surface area (Å²) < 4.78 is 68.0. The first kappa shape index (κ1) is 86.1. The number of rotatable bonds is 68. The third-order valence-electron chi connectivity index (χ3n) is 16.3. The summed E-state index contributed by atoms with van der Waals surface area (Å²) >= 11 is 0. The molecule has 0 aliphatic rings. The standard InChI is InChI=1S/C69H134O17P2/c1-7-10-12-14-16-17-29-33-40-46-52-67(72)80-58-64(85-68(73)53-47-41-34-30-27-25-23-21-19-18-20-22-24-26-28-32-38-44-50-62(6)9-3)59-83-87(75,76)81-55-63(70)56-82-88(77,78)84-60-65(57-79-66(71)51-45-39-31-15-13-11-8-2)86-69(74)54-48-42-36-35-37-43-49-61(4)5/h61-65,70H,7-60H2,1-6H3,(H,75,76)(H,77,78)/t62?,63-,64-,65-/m1/s1. The number of unbranched alkanes of at least 4 members (excludes halogenated alkanes) is 37. The van der Waals surface area contributed by atoms with E-state index in [1.165, 1.54) is 154 Å². The lowest BCUT2D eigenvalue weighted by Crippen LogP contribution is -2.30. The van der Waals surface area contributed by atoms with Crippen molar-refractivity contribution in [2.45, 2.75) is 368 Å². The number of carbonyl (C=O) groups excluding carboxylic acids is 4. The van der Waals surface area contributed by atoms with Crippen molar-refractivity contribution in [1.29, 1.82) is 0 Å². The lowest BCUT2D eigenvalue weighted by atomic mass is 9.99. The van der Waals surface area contributed by atoms with Crippen molar-refractivity contribution in [3.05, 3.63) is 0 Å². The van der Waals surface area contributed by atoms with Gasteiger partial charge in [0.1, 0.15) is 19.3 Å². The summed E-state index contributed by atoms with van der Waals surface area (Å²) in [4.78, 5) is 72.2. The lowest BCUT2D eigenvalue weighted by Gasteiger charge is -2.21. The Labute approximate surface area is 537 Å². The van der Waals surface area contributed by atoms with Crippen LogP contribution in [0.5, 0.6) is 0 Å². The Morgan fingerprint density at radius 3 is 0.864 bits per heavy atom. The van der Waals surface area contributed by atoms with Crippen LogP contribution in [0.2, 0.25) is 0 Å². The lowest BCUT2D eigenvalue weighted by molar-refractivity contribution is -0.161. The molecule has 0 aliphatic carbocycles. The van der Waals surface area contributed by atoms with Crippen LogP contribution in [-0.2, 0) is 65.4 Å². The van der Waals surface area contributed by atoms with Crippen LogP contribution < -0.4 is 0 Å². The first-order valence-corrected chi connectivity index (χ1v) is 39.0. The Morgan fingerprint density at radius 1 is 0.330 bits per heavy atom. The second kappa shape index (κ2) is 61.3. The molecule has 0 amide bonds. The van der Waals surface area contributed by atoms with Crippen molar-refractivity contribution in [2.75, 3.05) is 39.6 Å². The van der Waals surface area contributed by atoms with Crippen LogP contribution in [0, 0.1) is 11.8 Å².